The highest BCUT2D eigenvalue weighted by Gasteiger charge is 2.29. The zero-order valence-electron chi connectivity index (χ0n) is 13.6. The minimum atomic E-state index is 0.520. The summed E-state index contributed by atoms with van der Waals surface area (Å²) in [4.78, 5) is 9.55. The van der Waals surface area contributed by atoms with Crippen molar-refractivity contribution in [3.63, 3.8) is 0 Å². The maximum absolute atomic E-state index is 4.85. The zero-order chi connectivity index (χ0) is 16.8. The predicted molar refractivity (Wildman–Crippen MR) is 95.1 cm³/mol. The average molecular weight is 326 g/mol. The molecule has 1 aliphatic rings. The molecule has 0 aliphatic heterocycles. The summed E-state index contributed by atoms with van der Waals surface area (Å²) in [7, 11) is 0. The third kappa shape index (κ3) is 2.07. The first kappa shape index (κ1) is 14.0. The van der Waals surface area contributed by atoms with Gasteiger partial charge in [-0.3, -0.25) is 0 Å². The van der Waals surface area contributed by atoms with Gasteiger partial charge in [0.25, 0.3) is 5.78 Å². The smallest absolute Gasteiger partial charge is 0.246 e. The minimum Gasteiger partial charge on any atom is -0.246 e. The fourth-order valence-corrected chi connectivity index (χ4v) is 3.11. The second-order valence-electron chi connectivity index (χ2n) is 5.83. The standard InChI is InChI=1S/C19H14N6/c1-2-15-22-23-19-21-17-14-11-7-6-10-13(14)16(18(17)24-25(15)19)20-12-8-4-3-5-9-12/h3-11H,2H2,1H3/b20-16+. The lowest BCUT2D eigenvalue weighted by Gasteiger charge is -2.02. The number of aliphatic imine (C=N–C) groups is 1. The first-order chi connectivity index (χ1) is 12.3. The Kier molecular flexibility index (Phi) is 2.97. The Morgan fingerprint density at radius 1 is 0.880 bits per heavy atom. The third-order valence-corrected chi connectivity index (χ3v) is 4.30. The summed E-state index contributed by atoms with van der Waals surface area (Å²) in [6.07, 6.45) is 0.743. The number of nitrogens with zero attached hydrogens (tertiary/aromatic N) is 6. The number of aryl methyl sites for hydroxylation is 1. The van der Waals surface area contributed by atoms with Crippen molar-refractivity contribution in [2.75, 3.05) is 0 Å². The van der Waals surface area contributed by atoms with Crippen LogP contribution in [-0.2, 0) is 6.42 Å². The highest BCUT2D eigenvalue weighted by molar-refractivity contribution is 6.23. The van der Waals surface area contributed by atoms with Crippen molar-refractivity contribution in [2.24, 2.45) is 4.99 Å². The van der Waals surface area contributed by atoms with Crippen molar-refractivity contribution in [3.05, 3.63) is 71.7 Å². The van der Waals surface area contributed by atoms with Crippen molar-refractivity contribution in [1.82, 2.24) is 24.8 Å². The Bertz CT molecular complexity index is 1130. The number of fused-ring (bicyclic) bond motifs is 4. The molecule has 6 heteroatoms. The Balaban J connectivity index is 1.82. The van der Waals surface area contributed by atoms with Gasteiger partial charge in [0.2, 0.25) is 0 Å². The van der Waals surface area contributed by atoms with Crippen molar-refractivity contribution < 1.29 is 0 Å². The van der Waals surface area contributed by atoms with Gasteiger partial charge in [-0.25, -0.2) is 9.98 Å². The third-order valence-electron chi connectivity index (χ3n) is 4.30. The Morgan fingerprint density at radius 2 is 1.64 bits per heavy atom. The molecule has 25 heavy (non-hydrogen) atoms. The molecule has 0 bridgehead atoms. The minimum absolute atomic E-state index is 0.520. The molecule has 0 saturated heterocycles. The SMILES string of the molecule is CCc1nnc2nc3c(nn12)/C(=N/c1ccccc1)c1ccccc1-3. The predicted octanol–water partition coefficient (Wildman–Crippen LogP) is 3.23. The summed E-state index contributed by atoms with van der Waals surface area (Å²) >= 11 is 0. The van der Waals surface area contributed by atoms with E-state index in [1.807, 2.05) is 55.5 Å². The second-order valence-corrected chi connectivity index (χ2v) is 5.83. The highest BCUT2D eigenvalue weighted by Crippen LogP contribution is 2.35. The molecular formula is C19H14N6. The van der Waals surface area contributed by atoms with Crippen LogP contribution in [0.5, 0.6) is 0 Å². The van der Waals surface area contributed by atoms with Crippen LogP contribution in [0.25, 0.3) is 17.0 Å². The van der Waals surface area contributed by atoms with E-state index >= 15 is 0 Å². The summed E-state index contributed by atoms with van der Waals surface area (Å²) in [5.41, 5.74) is 5.38. The molecule has 1 aliphatic carbocycles. The van der Waals surface area contributed by atoms with Crippen LogP contribution >= 0.6 is 0 Å². The topological polar surface area (TPSA) is 68.3 Å². The van der Waals surface area contributed by atoms with Gasteiger partial charge in [0, 0.05) is 17.5 Å². The molecule has 2 heterocycles. The molecule has 0 radical (unpaired) electrons. The first-order valence-corrected chi connectivity index (χ1v) is 8.21. The molecule has 120 valence electrons. The van der Waals surface area contributed by atoms with Crippen LogP contribution in [-0.4, -0.2) is 30.5 Å². The van der Waals surface area contributed by atoms with E-state index in [2.05, 4.69) is 16.3 Å². The van der Waals surface area contributed by atoms with E-state index in [1.54, 1.807) is 4.52 Å². The average Bonchev–Trinajstić information content (AvgIpc) is 3.20. The fourth-order valence-electron chi connectivity index (χ4n) is 3.11. The van der Waals surface area contributed by atoms with Crippen LogP contribution in [0.2, 0.25) is 0 Å². The largest absolute Gasteiger partial charge is 0.272 e. The maximum atomic E-state index is 4.85. The molecule has 0 fully saturated rings. The van der Waals surface area contributed by atoms with Crippen LogP contribution in [0.4, 0.5) is 5.69 Å². The van der Waals surface area contributed by atoms with Gasteiger partial charge in [-0.1, -0.05) is 49.4 Å². The molecule has 6 nitrogen and oxygen atoms in total. The second kappa shape index (κ2) is 5.31. The molecule has 0 atom stereocenters. The van der Waals surface area contributed by atoms with Crippen LogP contribution < -0.4 is 0 Å². The van der Waals surface area contributed by atoms with Gasteiger partial charge in [0.15, 0.2) is 5.82 Å². The summed E-state index contributed by atoms with van der Waals surface area (Å²) in [6, 6.07) is 18.0. The lowest BCUT2D eigenvalue weighted by atomic mass is 10.1. The number of rotatable bonds is 2. The highest BCUT2D eigenvalue weighted by atomic mass is 15.4. The molecule has 0 spiro atoms. The van der Waals surface area contributed by atoms with Gasteiger partial charge >= 0.3 is 0 Å². The van der Waals surface area contributed by atoms with Crippen molar-refractivity contribution in [1.29, 1.82) is 0 Å². The van der Waals surface area contributed by atoms with Gasteiger partial charge in [0.05, 0.1) is 5.69 Å². The van der Waals surface area contributed by atoms with E-state index in [0.29, 0.717) is 5.78 Å². The van der Waals surface area contributed by atoms with Gasteiger partial charge in [-0.2, -0.15) is 9.61 Å². The Hall–Kier alpha value is -3.41. The molecule has 0 saturated carbocycles. The molecule has 5 rings (SSSR count). The fraction of sp³-hybridized carbons (Fsp3) is 0.105. The van der Waals surface area contributed by atoms with E-state index in [0.717, 1.165) is 46.2 Å². The van der Waals surface area contributed by atoms with E-state index in [-0.39, 0.29) is 0 Å². The van der Waals surface area contributed by atoms with E-state index in [4.69, 9.17) is 15.1 Å². The lowest BCUT2D eigenvalue weighted by molar-refractivity contribution is 0.811. The molecule has 4 aromatic rings. The number of aromatic nitrogens is 5. The lowest BCUT2D eigenvalue weighted by Crippen LogP contribution is -2.08. The quantitative estimate of drug-likeness (QED) is 0.499. The molecule has 0 N–H and O–H groups in total. The molecule has 2 aromatic heterocycles. The summed E-state index contributed by atoms with van der Waals surface area (Å²) in [5.74, 6) is 1.31. The van der Waals surface area contributed by atoms with Crippen LogP contribution in [0, 0.1) is 0 Å². The Labute approximate surface area is 143 Å². The normalized spacial score (nSPS) is 14.0. The summed E-state index contributed by atoms with van der Waals surface area (Å²) < 4.78 is 1.71. The molecule has 0 unspecified atom stereocenters. The van der Waals surface area contributed by atoms with Crippen LogP contribution in [0.15, 0.2) is 59.6 Å². The van der Waals surface area contributed by atoms with Gasteiger partial charge < -0.3 is 0 Å². The monoisotopic (exact) mass is 326 g/mol. The zero-order valence-corrected chi connectivity index (χ0v) is 13.6. The molecular weight excluding hydrogens is 312 g/mol. The Morgan fingerprint density at radius 3 is 2.44 bits per heavy atom. The molecule has 2 aromatic carbocycles. The van der Waals surface area contributed by atoms with Gasteiger partial charge in [0.1, 0.15) is 17.1 Å². The van der Waals surface area contributed by atoms with Crippen molar-refractivity contribution in [3.8, 4) is 11.3 Å². The van der Waals surface area contributed by atoms with Crippen molar-refractivity contribution >= 4 is 17.2 Å². The summed E-state index contributed by atoms with van der Waals surface area (Å²) in [5, 5.41) is 13.1. The van der Waals surface area contributed by atoms with Gasteiger partial charge in [-0.05, 0) is 12.1 Å². The van der Waals surface area contributed by atoms with E-state index in [9.17, 15) is 0 Å². The maximum Gasteiger partial charge on any atom is 0.272 e. The van der Waals surface area contributed by atoms with Crippen LogP contribution in [0.1, 0.15) is 24.0 Å². The van der Waals surface area contributed by atoms with Gasteiger partial charge in [-0.15, -0.1) is 10.2 Å². The number of hydrogen-bond donors (Lipinski definition) is 0. The van der Waals surface area contributed by atoms with E-state index < -0.39 is 0 Å². The number of para-hydroxylation sites is 1. The summed E-state index contributed by atoms with van der Waals surface area (Å²) in [6.45, 7) is 2.03. The molecule has 0 amide bonds. The number of hydrogen-bond acceptors (Lipinski definition) is 5. The van der Waals surface area contributed by atoms with Crippen molar-refractivity contribution in [2.45, 2.75) is 13.3 Å². The number of benzene rings is 2. The first-order valence-electron chi connectivity index (χ1n) is 8.21. The van der Waals surface area contributed by atoms with Crippen LogP contribution in [0.3, 0.4) is 0 Å². The van der Waals surface area contributed by atoms with E-state index in [1.165, 1.54) is 0 Å².